The molecule has 0 radical (unpaired) electrons. The second kappa shape index (κ2) is 4.89. The van der Waals surface area contributed by atoms with Gasteiger partial charge in [-0.1, -0.05) is 5.10 Å². The number of thioether (sulfide) groups is 1. The molecule has 6 heteroatoms. The molecule has 1 fully saturated rings. The third-order valence-electron chi connectivity index (χ3n) is 2.06. The molecule has 0 unspecified atom stereocenters. The highest BCUT2D eigenvalue weighted by molar-refractivity contribution is 7.99. The summed E-state index contributed by atoms with van der Waals surface area (Å²) in [6, 6.07) is 0.614. The fourth-order valence-corrected chi connectivity index (χ4v) is 2.36. The monoisotopic (exact) mass is 233 g/mol. The number of rotatable bonds is 2. The lowest BCUT2D eigenvalue weighted by Gasteiger charge is -2.15. The minimum Gasteiger partial charge on any atom is -0.407 e. The van der Waals surface area contributed by atoms with Crippen molar-refractivity contribution >= 4 is 29.4 Å². The van der Waals surface area contributed by atoms with Crippen LogP contribution in [0.2, 0.25) is 0 Å². The smallest absolute Gasteiger partial charge is 0.318 e. The Morgan fingerprint density at radius 2 is 2.29 bits per heavy atom. The maximum atomic E-state index is 5.59. The Morgan fingerprint density at radius 1 is 1.36 bits per heavy atom. The third-order valence-corrected chi connectivity index (χ3v) is 3.34. The number of nitrogens with zero attached hydrogens (tertiary/aromatic N) is 3. The number of halogens is 1. The molecule has 78 valence electrons. The van der Waals surface area contributed by atoms with Gasteiger partial charge >= 0.3 is 6.01 Å². The van der Waals surface area contributed by atoms with Crippen LogP contribution in [-0.4, -0.2) is 34.8 Å². The summed E-state index contributed by atoms with van der Waals surface area (Å²) < 4.78 is 5.39. The van der Waals surface area contributed by atoms with Crippen LogP contribution in [0, 0.1) is 0 Å². The van der Waals surface area contributed by atoms with Crippen molar-refractivity contribution in [2.75, 3.05) is 29.5 Å². The highest BCUT2D eigenvalue weighted by atomic mass is 35.5. The van der Waals surface area contributed by atoms with Gasteiger partial charge in [0.15, 0.2) is 0 Å². The third kappa shape index (κ3) is 2.33. The zero-order valence-corrected chi connectivity index (χ0v) is 9.35. The molecule has 0 aromatic carbocycles. The molecule has 1 aromatic heterocycles. The summed E-state index contributed by atoms with van der Waals surface area (Å²) in [6.45, 7) is 1.98. The summed E-state index contributed by atoms with van der Waals surface area (Å²) in [5, 5.41) is 7.81. The van der Waals surface area contributed by atoms with Gasteiger partial charge in [-0.15, -0.1) is 16.7 Å². The van der Waals surface area contributed by atoms with E-state index in [2.05, 4.69) is 15.1 Å². The zero-order chi connectivity index (χ0) is 9.80. The molecule has 2 heterocycles. The fraction of sp³-hybridized carbons (Fsp3) is 0.750. The molecule has 1 aromatic rings. The van der Waals surface area contributed by atoms with Crippen molar-refractivity contribution in [2.24, 2.45) is 0 Å². The first-order chi connectivity index (χ1) is 6.90. The summed E-state index contributed by atoms with van der Waals surface area (Å²) in [5.74, 6) is 3.12. The number of alkyl halides is 1. The van der Waals surface area contributed by atoms with Crippen LogP contribution in [0.15, 0.2) is 4.42 Å². The molecule has 0 bridgehead atoms. The molecule has 0 N–H and O–H groups in total. The first-order valence-corrected chi connectivity index (χ1v) is 6.30. The van der Waals surface area contributed by atoms with E-state index in [-0.39, 0.29) is 5.88 Å². The van der Waals surface area contributed by atoms with Crippen molar-refractivity contribution in [3.05, 3.63) is 5.89 Å². The summed E-state index contributed by atoms with van der Waals surface area (Å²) in [4.78, 5) is 2.13. The SMILES string of the molecule is ClCc1nnc(N2CCCSCC2)o1. The Morgan fingerprint density at radius 3 is 3.07 bits per heavy atom. The van der Waals surface area contributed by atoms with Crippen molar-refractivity contribution in [3.63, 3.8) is 0 Å². The Labute approximate surface area is 92.0 Å². The quantitative estimate of drug-likeness (QED) is 0.729. The first-order valence-electron chi connectivity index (χ1n) is 4.61. The predicted octanol–water partition coefficient (Wildman–Crippen LogP) is 1.75. The Balaban J connectivity index is 2.04. The van der Waals surface area contributed by atoms with Gasteiger partial charge in [0.05, 0.1) is 0 Å². The summed E-state index contributed by atoms with van der Waals surface area (Å²) >= 11 is 7.56. The van der Waals surface area contributed by atoms with Crippen LogP contribution < -0.4 is 4.90 Å². The van der Waals surface area contributed by atoms with Gasteiger partial charge in [-0.2, -0.15) is 11.8 Å². The van der Waals surface area contributed by atoms with Gasteiger partial charge in [-0.25, -0.2) is 0 Å². The maximum absolute atomic E-state index is 5.59. The number of hydrogen-bond donors (Lipinski definition) is 0. The minimum absolute atomic E-state index is 0.287. The zero-order valence-electron chi connectivity index (χ0n) is 7.78. The van der Waals surface area contributed by atoms with E-state index in [9.17, 15) is 0 Å². The molecule has 1 aliphatic rings. The van der Waals surface area contributed by atoms with Gasteiger partial charge < -0.3 is 9.32 Å². The summed E-state index contributed by atoms with van der Waals surface area (Å²) in [6.07, 6.45) is 1.17. The Hall–Kier alpha value is -0.420. The fourth-order valence-electron chi connectivity index (χ4n) is 1.36. The average Bonchev–Trinajstić information content (AvgIpc) is 2.53. The lowest BCUT2D eigenvalue weighted by molar-refractivity contribution is 0.501. The Bertz CT molecular complexity index is 286. The van der Waals surface area contributed by atoms with Crippen LogP contribution in [0.5, 0.6) is 0 Å². The van der Waals surface area contributed by atoms with E-state index in [0.29, 0.717) is 11.9 Å². The minimum atomic E-state index is 0.287. The number of hydrogen-bond acceptors (Lipinski definition) is 5. The van der Waals surface area contributed by atoms with Crippen LogP contribution in [0.1, 0.15) is 12.3 Å². The van der Waals surface area contributed by atoms with E-state index < -0.39 is 0 Å². The average molecular weight is 234 g/mol. The molecule has 0 amide bonds. The van der Waals surface area contributed by atoms with E-state index in [0.717, 1.165) is 18.8 Å². The number of aromatic nitrogens is 2. The first kappa shape index (κ1) is 10.1. The standard InChI is InChI=1S/C8H12ClN3OS/c9-6-7-10-11-8(13-7)12-2-1-4-14-5-3-12/h1-6H2. The van der Waals surface area contributed by atoms with E-state index >= 15 is 0 Å². The van der Waals surface area contributed by atoms with E-state index in [1.807, 2.05) is 11.8 Å². The largest absolute Gasteiger partial charge is 0.407 e. The molecule has 0 atom stereocenters. The molecule has 2 rings (SSSR count). The lowest BCUT2D eigenvalue weighted by Crippen LogP contribution is -2.25. The molecular weight excluding hydrogens is 222 g/mol. The highest BCUT2D eigenvalue weighted by Crippen LogP contribution is 2.18. The van der Waals surface area contributed by atoms with Gasteiger partial charge in [-0.05, 0) is 12.2 Å². The van der Waals surface area contributed by atoms with Crippen molar-refractivity contribution in [1.82, 2.24) is 10.2 Å². The van der Waals surface area contributed by atoms with Crippen molar-refractivity contribution in [1.29, 1.82) is 0 Å². The highest BCUT2D eigenvalue weighted by Gasteiger charge is 2.15. The van der Waals surface area contributed by atoms with Crippen LogP contribution in [0.4, 0.5) is 6.01 Å². The summed E-state index contributed by atoms with van der Waals surface area (Å²) in [5.41, 5.74) is 0. The summed E-state index contributed by atoms with van der Waals surface area (Å²) in [7, 11) is 0. The molecule has 0 saturated carbocycles. The topological polar surface area (TPSA) is 42.2 Å². The molecule has 1 saturated heterocycles. The van der Waals surface area contributed by atoms with Gasteiger partial charge in [0.25, 0.3) is 0 Å². The molecule has 4 nitrogen and oxygen atoms in total. The maximum Gasteiger partial charge on any atom is 0.318 e. The second-order valence-corrected chi connectivity index (χ2v) is 4.56. The van der Waals surface area contributed by atoms with Gasteiger partial charge in [0.1, 0.15) is 5.88 Å². The number of anilines is 1. The molecule has 14 heavy (non-hydrogen) atoms. The normalized spacial score (nSPS) is 18.2. The van der Waals surface area contributed by atoms with Crippen molar-refractivity contribution in [3.8, 4) is 0 Å². The lowest BCUT2D eigenvalue weighted by atomic mass is 10.4. The molecule has 1 aliphatic heterocycles. The molecular formula is C8H12ClN3OS. The molecule has 0 spiro atoms. The van der Waals surface area contributed by atoms with Crippen LogP contribution >= 0.6 is 23.4 Å². The van der Waals surface area contributed by atoms with Crippen molar-refractivity contribution < 1.29 is 4.42 Å². The van der Waals surface area contributed by atoms with E-state index in [4.69, 9.17) is 16.0 Å². The van der Waals surface area contributed by atoms with Crippen molar-refractivity contribution in [2.45, 2.75) is 12.3 Å². The van der Waals surface area contributed by atoms with Gasteiger partial charge in [-0.3, -0.25) is 0 Å². The van der Waals surface area contributed by atoms with E-state index in [1.54, 1.807) is 0 Å². The van der Waals surface area contributed by atoms with Crippen LogP contribution in [0.3, 0.4) is 0 Å². The van der Waals surface area contributed by atoms with Gasteiger partial charge in [0, 0.05) is 18.8 Å². The molecule has 0 aliphatic carbocycles. The second-order valence-electron chi connectivity index (χ2n) is 3.06. The van der Waals surface area contributed by atoms with Gasteiger partial charge in [0.2, 0.25) is 5.89 Å². The van der Waals surface area contributed by atoms with E-state index in [1.165, 1.54) is 12.2 Å². The predicted molar refractivity (Wildman–Crippen MR) is 58.0 cm³/mol. The van der Waals surface area contributed by atoms with Crippen LogP contribution in [0.25, 0.3) is 0 Å². The van der Waals surface area contributed by atoms with Crippen LogP contribution in [-0.2, 0) is 5.88 Å². The Kier molecular flexibility index (Phi) is 3.53.